The van der Waals surface area contributed by atoms with E-state index >= 15 is 0 Å². The van der Waals surface area contributed by atoms with E-state index in [2.05, 4.69) is 74.6 Å². The van der Waals surface area contributed by atoms with Gasteiger partial charge < -0.3 is 33.3 Å². The number of likely N-dealkylation sites (N-methyl/N-ethyl adjacent to an activating group) is 1. The van der Waals surface area contributed by atoms with Crippen LogP contribution in [0.3, 0.4) is 0 Å². The van der Waals surface area contributed by atoms with Crippen molar-refractivity contribution in [3.8, 4) is 0 Å². The van der Waals surface area contributed by atoms with Crippen LogP contribution in [0.25, 0.3) is 0 Å². The highest BCUT2D eigenvalue weighted by Crippen LogP contribution is 2.15. The normalized spacial score (nSPS) is 13.3. The van der Waals surface area contributed by atoms with E-state index < -0.39 is 24.3 Å². The van der Waals surface area contributed by atoms with Crippen molar-refractivity contribution >= 4 is 17.9 Å². The predicted octanol–water partition coefficient (Wildman–Crippen LogP) is 12.8. The topological polar surface area (TPSA) is 111 Å². The van der Waals surface area contributed by atoms with Gasteiger partial charge in [-0.15, -0.1) is 0 Å². The molecule has 2 atom stereocenters. The zero-order valence-corrected chi connectivity index (χ0v) is 41.2. The Morgan fingerprint density at radius 3 is 1.35 bits per heavy atom. The summed E-state index contributed by atoms with van der Waals surface area (Å²) in [6, 6.07) is 0. The zero-order chi connectivity index (χ0) is 46.3. The number of hydrogen-bond donors (Lipinski definition) is 0. The van der Waals surface area contributed by atoms with Gasteiger partial charge in [-0.3, -0.25) is 9.59 Å². The van der Waals surface area contributed by atoms with Gasteiger partial charge in [0.2, 0.25) is 0 Å². The van der Waals surface area contributed by atoms with Gasteiger partial charge in [-0.05, 0) is 57.8 Å². The van der Waals surface area contributed by atoms with Crippen LogP contribution in [0.15, 0.2) is 60.8 Å². The first-order valence-electron chi connectivity index (χ1n) is 25.4. The standard InChI is InChI=1S/C54H95NO8/c1-6-8-10-12-14-16-18-20-22-24-25-26-27-29-31-33-35-37-39-41-43-45-52(57)63-50(49-62-54(53(58)59)60-47-46-55(3,4)5)48-61-51(56)44-42-40-38-36-34-32-30-28-23-21-19-17-15-13-11-9-7-2/h8,10,14,16,20,22,25-26,29,31,50,54H,6-7,9,11-13,15,17-19,21,23-24,27-28,30,32-49H2,1-5H3/b10-8-,16-14-,22-20-,26-25-,31-29-. The molecule has 0 heterocycles. The van der Waals surface area contributed by atoms with E-state index in [9.17, 15) is 19.5 Å². The molecule has 0 aliphatic heterocycles. The maximum atomic E-state index is 12.8. The minimum Gasteiger partial charge on any atom is -0.545 e. The van der Waals surface area contributed by atoms with Gasteiger partial charge in [0, 0.05) is 12.8 Å². The van der Waals surface area contributed by atoms with E-state index in [1.807, 2.05) is 21.1 Å². The van der Waals surface area contributed by atoms with Crippen LogP contribution in [-0.4, -0.2) is 82.3 Å². The van der Waals surface area contributed by atoms with Crippen molar-refractivity contribution in [3.63, 3.8) is 0 Å². The van der Waals surface area contributed by atoms with Gasteiger partial charge in [0.15, 0.2) is 12.4 Å². The molecular formula is C54H95NO8. The Bertz CT molecular complexity index is 1220. The molecule has 0 saturated carbocycles. The second-order valence-corrected chi connectivity index (χ2v) is 18.1. The summed E-state index contributed by atoms with van der Waals surface area (Å²) in [7, 11) is 5.91. The first-order valence-corrected chi connectivity index (χ1v) is 25.4. The van der Waals surface area contributed by atoms with E-state index in [0.29, 0.717) is 17.4 Å². The summed E-state index contributed by atoms with van der Waals surface area (Å²) in [6.45, 7) is 4.62. The van der Waals surface area contributed by atoms with E-state index in [-0.39, 0.29) is 38.6 Å². The highest BCUT2D eigenvalue weighted by atomic mass is 16.7. The van der Waals surface area contributed by atoms with Gasteiger partial charge in [0.25, 0.3) is 0 Å². The zero-order valence-electron chi connectivity index (χ0n) is 41.2. The van der Waals surface area contributed by atoms with Crippen molar-refractivity contribution in [3.05, 3.63) is 60.8 Å². The first-order chi connectivity index (χ1) is 30.6. The lowest BCUT2D eigenvalue weighted by Crippen LogP contribution is -2.44. The maximum absolute atomic E-state index is 12.8. The highest BCUT2D eigenvalue weighted by molar-refractivity contribution is 5.70. The lowest BCUT2D eigenvalue weighted by Gasteiger charge is -2.26. The molecule has 364 valence electrons. The Hall–Kier alpha value is -3.01. The molecule has 0 aliphatic carbocycles. The number of carbonyl (C=O) groups is 3. The number of carboxylic acid groups (broad SMARTS) is 1. The van der Waals surface area contributed by atoms with Gasteiger partial charge >= 0.3 is 11.9 Å². The Kier molecular flexibility index (Phi) is 43.4. The molecule has 2 unspecified atom stereocenters. The van der Waals surface area contributed by atoms with Gasteiger partial charge in [-0.25, -0.2) is 0 Å². The number of rotatable bonds is 46. The van der Waals surface area contributed by atoms with Crippen molar-refractivity contribution in [2.45, 2.75) is 219 Å². The summed E-state index contributed by atoms with van der Waals surface area (Å²) in [5, 5.41) is 11.7. The van der Waals surface area contributed by atoms with Crippen molar-refractivity contribution in [1.82, 2.24) is 0 Å². The number of carboxylic acids is 1. The molecule has 0 amide bonds. The predicted molar refractivity (Wildman–Crippen MR) is 260 cm³/mol. The minimum absolute atomic E-state index is 0.142. The lowest BCUT2D eigenvalue weighted by atomic mass is 10.0. The lowest BCUT2D eigenvalue weighted by molar-refractivity contribution is -0.870. The second-order valence-electron chi connectivity index (χ2n) is 18.1. The average Bonchev–Trinajstić information content (AvgIpc) is 3.24. The van der Waals surface area contributed by atoms with Gasteiger partial charge in [0.05, 0.1) is 40.3 Å². The highest BCUT2D eigenvalue weighted by Gasteiger charge is 2.21. The van der Waals surface area contributed by atoms with Crippen LogP contribution in [0, 0.1) is 0 Å². The fourth-order valence-electron chi connectivity index (χ4n) is 6.86. The van der Waals surface area contributed by atoms with Gasteiger partial charge in [0.1, 0.15) is 13.2 Å². The molecule has 0 aromatic rings. The number of aliphatic carboxylic acids is 1. The van der Waals surface area contributed by atoms with E-state index in [1.165, 1.54) is 89.9 Å². The molecule has 0 spiro atoms. The average molecular weight is 886 g/mol. The fourth-order valence-corrected chi connectivity index (χ4v) is 6.86. The molecule has 0 bridgehead atoms. The smallest absolute Gasteiger partial charge is 0.306 e. The minimum atomic E-state index is -1.63. The number of unbranched alkanes of at least 4 members (excludes halogenated alkanes) is 21. The van der Waals surface area contributed by atoms with Crippen LogP contribution in [0.2, 0.25) is 0 Å². The van der Waals surface area contributed by atoms with E-state index in [0.717, 1.165) is 83.5 Å². The number of carbonyl (C=O) groups excluding carboxylic acids is 3. The van der Waals surface area contributed by atoms with Crippen molar-refractivity contribution in [1.29, 1.82) is 0 Å². The number of hydrogen-bond acceptors (Lipinski definition) is 8. The number of quaternary nitrogens is 1. The molecule has 9 heteroatoms. The molecule has 0 aromatic heterocycles. The largest absolute Gasteiger partial charge is 0.545 e. The molecule has 63 heavy (non-hydrogen) atoms. The molecule has 9 nitrogen and oxygen atoms in total. The van der Waals surface area contributed by atoms with Gasteiger partial charge in [-0.1, -0.05) is 197 Å². The van der Waals surface area contributed by atoms with Crippen LogP contribution < -0.4 is 5.11 Å². The number of ether oxygens (including phenoxy) is 4. The summed E-state index contributed by atoms with van der Waals surface area (Å²) >= 11 is 0. The molecular weight excluding hydrogens is 791 g/mol. The molecule has 0 fully saturated rings. The third-order valence-corrected chi connectivity index (χ3v) is 10.8. The first kappa shape index (κ1) is 60.0. The summed E-state index contributed by atoms with van der Waals surface area (Å²) in [4.78, 5) is 37.1. The Labute approximate surface area is 386 Å². The maximum Gasteiger partial charge on any atom is 0.306 e. The Morgan fingerprint density at radius 2 is 0.905 bits per heavy atom. The van der Waals surface area contributed by atoms with Crippen LogP contribution in [-0.2, 0) is 33.3 Å². The molecule has 0 aliphatic rings. The molecule has 0 N–H and O–H groups in total. The number of nitrogens with zero attached hydrogens (tertiary/aromatic N) is 1. The Balaban J connectivity index is 4.39. The van der Waals surface area contributed by atoms with Crippen LogP contribution in [0.1, 0.15) is 206 Å². The quantitative estimate of drug-likeness (QED) is 0.0195. The molecule has 0 radical (unpaired) electrons. The van der Waals surface area contributed by atoms with Crippen LogP contribution >= 0.6 is 0 Å². The van der Waals surface area contributed by atoms with E-state index in [1.54, 1.807) is 0 Å². The summed E-state index contributed by atoms with van der Waals surface area (Å²) in [6.07, 6.45) is 52.5. The van der Waals surface area contributed by atoms with E-state index in [4.69, 9.17) is 18.9 Å². The van der Waals surface area contributed by atoms with Gasteiger partial charge in [-0.2, -0.15) is 0 Å². The fraction of sp³-hybridized carbons (Fsp3) is 0.759. The Morgan fingerprint density at radius 1 is 0.492 bits per heavy atom. The third-order valence-electron chi connectivity index (χ3n) is 10.8. The second kappa shape index (κ2) is 45.6. The number of allylic oxidation sites excluding steroid dienone is 10. The summed E-state index contributed by atoms with van der Waals surface area (Å²) in [5.74, 6) is -2.31. The summed E-state index contributed by atoms with van der Waals surface area (Å²) < 4.78 is 22.6. The van der Waals surface area contributed by atoms with Crippen molar-refractivity contribution in [2.24, 2.45) is 0 Å². The third kappa shape index (κ3) is 46.8. The number of esters is 2. The monoisotopic (exact) mass is 886 g/mol. The summed E-state index contributed by atoms with van der Waals surface area (Å²) in [5.41, 5.74) is 0. The van der Waals surface area contributed by atoms with Crippen LogP contribution in [0.5, 0.6) is 0 Å². The SMILES string of the molecule is CC/C=C\C/C=C\C/C=C\C/C=C\C/C=C\CCCCCCCC(=O)OC(COC(=O)CCCCCCCCCCCCCCCCCCC)COC(OCC[N+](C)(C)C)C(=O)[O-]. The van der Waals surface area contributed by atoms with Crippen LogP contribution in [0.4, 0.5) is 0 Å². The van der Waals surface area contributed by atoms with Crippen molar-refractivity contribution < 1.29 is 42.9 Å². The molecule has 0 aromatic carbocycles. The van der Waals surface area contributed by atoms with Crippen molar-refractivity contribution in [2.75, 3.05) is 47.5 Å². The molecule has 0 saturated heterocycles. The molecule has 0 rings (SSSR count).